The van der Waals surface area contributed by atoms with Gasteiger partial charge in [0.25, 0.3) is 0 Å². The van der Waals surface area contributed by atoms with Crippen molar-refractivity contribution in [3.63, 3.8) is 0 Å². The van der Waals surface area contributed by atoms with E-state index in [4.69, 9.17) is 0 Å². The summed E-state index contributed by atoms with van der Waals surface area (Å²) in [5.74, 6) is -0.877. The summed E-state index contributed by atoms with van der Waals surface area (Å²) < 4.78 is 1.92. The number of rotatable bonds is 1. The minimum absolute atomic E-state index is 0.388. The van der Waals surface area contributed by atoms with Crippen LogP contribution in [0, 0.1) is 6.92 Å². The van der Waals surface area contributed by atoms with Gasteiger partial charge in [0.2, 0.25) is 0 Å². The summed E-state index contributed by atoms with van der Waals surface area (Å²) in [5, 5.41) is 10.2. The lowest BCUT2D eigenvalue weighted by Crippen LogP contribution is -1.96. The molecule has 0 saturated carbocycles. The zero-order valence-corrected chi connectivity index (χ0v) is 9.34. The highest BCUT2D eigenvalue weighted by atomic mass is 16.4. The normalized spacial score (nSPS) is 11.1. The Morgan fingerprint density at radius 3 is 2.65 bits per heavy atom. The van der Waals surface area contributed by atoms with E-state index in [1.165, 1.54) is 0 Å². The molecule has 3 aromatic rings. The van der Waals surface area contributed by atoms with E-state index in [9.17, 15) is 9.90 Å². The molecule has 2 aromatic heterocycles. The maximum absolute atomic E-state index is 11.4. The van der Waals surface area contributed by atoms with E-state index < -0.39 is 5.97 Å². The van der Waals surface area contributed by atoms with Crippen molar-refractivity contribution in [3.05, 3.63) is 53.7 Å². The van der Waals surface area contributed by atoms with E-state index in [2.05, 4.69) is 0 Å². The summed E-state index contributed by atoms with van der Waals surface area (Å²) in [6.07, 6.45) is 1.89. The van der Waals surface area contributed by atoms with Gasteiger partial charge in [-0.15, -0.1) is 0 Å². The fourth-order valence-electron chi connectivity index (χ4n) is 2.38. The Bertz CT molecular complexity index is 740. The van der Waals surface area contributed by atoms with Gasteiger partial charge in [0.15, 0.2) is 0 Å². The molecule has 0 aliphatic carbocycles. The molecule has 0 radical (unpaired) electrons. The first-order valence-electron chi connectivity index (χ1n) is 5.42. The fraction of sp³-hybridized carbons (Fsp3) is 0.0714. The maximum Gasteiger partial charge on any atom is 0.338 e. The number of carboxylic acids is 1. The number of nitrogens with zero attached hydrogens (tertiary/aromatic N) is 1. The third-order valence-corrected chi connectivity index (χ3v) is 3.09. The van der Waals surface area contributed by atoms with Crippen molar-refractivity contribution in [3.8, 4) is 0 Å². The van der Waals surface area contributed by atoms with Crippen LogP contribution < -0.4 is 0 Å². The van der Waals surface area contributed by atoms with Crippen LogP contribution in [0.1, 0.15) is 15.9 Å². The van der Waals surface area contributed by atoms with Crippen LogP contribution in [0.2, 0.25) is 0 Å². The van der Waals surface area contributed by atoms with Crippen molar-refractivity contribution in [2.75, 3.05) is 0 Å². The number of carboxylic acid groups (broad SMARTS) is 1. The molecule has 2 heterocycles. The van der Waals surface area contributed by atoms with Crippen LogP contribution in [0.25, 0.3) is 16.4 Å². The van der Waals surface area contributed by atoms with Crippen molar-refractivity contribution in [1.82, 2.24) is 4.40 Å². The van der Waals surface area contributed by atoms with Crippen molar-refractivity contribution in [1.29, 1.82) is 0 Å². The van der Waals surface area contributed by atoms with Gasteiger partial charge in [-0.25, -0.2) is 4.79 Å². The largest absolute Gasteiger partial charge is 0.478 e. The van der Waals surface area contributed by atoms with Crippen molar-refractivity contribution in [2.45, 2.75) is 6.92 Å². The van der Waals surface area contributed by atoms with Crippen LogP contribution >= 0.6 is 0 Å². The highest BCUT2D eigenvalue weighted by Crippen LogP contribution is 2.29. The quantitative estimate of drug-likeness (QED) is 0.691. The van der Waals surface area contributed by atoms with Gasteiger partial charge in [0, 0.05) is 11.6 Å². The average Bonchev–Trinajstić information content (AvgIpc) is 2.65. The molecule has 0 aliphatic heterocycles. The first-order valence-corrected chi connectivity index (χ1v) is 5.42. The third kappa shape index (κ3) is 1.25. The second-order valence-corrected chi connectivity index (χ2v) is 4.11. The Morgan fingerprint density at radius 2 is 1.88 bits per heavy atom. The van der Waals surface area contributed by atoms with Gasteiger partial charge in [-0.2, -0.15) is 0 Å². The van der Waals surface area contributed by atoms with Crippen molar-refractivity contribution in [2.24, 2.45) is 0 Å². The van der Waals surface area contributed by atoms with E-state index in [-0.39, 0.29) is 0 Å². The summed E-state index contributed by atoms with van der Waals surface area (Å²) in [5.41, 5.74) is 3.06. The topological polar surface area (TPSA) is 41.7 Å². The number of pyridine rings is 1. The average molecular weight is 225 g/mol. The molecular formula is C14H11NO2. The highest BCUT2D eigenvalue weighted by Gasteiger charge is 2.17. The van der Waals surface area contributed by atoms with Crippen LogP contribution in [0.3, 0.4) is 0 Å². The van der Waals surface area contributed by atoms with Crippen LogP contribution in [0.15, 0.2) is 42.6 Å². The summed E-state index contributed by atoms with van der Waals surface area (Å²) in [6, 6.07) is 11.4. The van der Waals surface area contributed by atoms with Crippen LogP contribution in [0.5, 0.6) is 0 Å². The first-order chi connectivity index (χ1) is 8.20. The minimum Gasteiger partial charge on any atom is -0.478 e. The second kappa shape index (κ2) is 3.35. The van der Waals surface area contributed by atoms with Gasteiger partial charge in [0.1, 0.15) is 0 Å². The Kier molecular flexibility index (Phi) is 1.95. The molecule has 0 saturated heterocycles. The fourth-order valence-corrected chi connectivity index (χ4v) is 2.38. The van der Waals surface area contributed by atoms with Gasteiger partial charge in [0.05, 0.1) is 16.6 Å². The summed E-state index contributed by atoms with van der Waals surface area (Å²) in [4.78, 5) is 11.4. The molecule has 0 atom stereocenters. The molecule has 0 amide bonds. The van der Waals surface area contributed by atoms with E-state index >= 15 is 0 Å². The van der Waals surface area contributed by atoms with E-state index in [0.717, 1.165) is 22.0 Å². The predicted octanol–water partition coefficient (Wildman–Crippen LogP) is 3.10. The van der Waals surface area contributed by atoms with E-state index in [1.807, 2.05) is 53.9 Å². The highest BCUT2D eigenvalue weighted by molar-refractivity contribution is 6.12. The Balaban J connectivity index is 2.68. The predicted molar refractivity (Wildman–Crippen MR) is 66.6 cm³/mol. The number of aromatic carboxylic acids is 1. The molecule has 0 aliphatic rings. The molecular weight excluding hydrogens is 214 g/mol. The molecule has 3 rings (SSSR count). The van der Waals surface area contributed by atoms with Gasteiger partial charge < -0.3 is 9.51 Å². The van der Waals surface area contributed by atoms with E-state index in [0.29, 0.717) is 5.56 Å². The molecule has 1 aromatic carbocycles. The summed E-state index contributed by atoms with van der Waals surface area (Å²) >= 11 is 0. The van der Waals surface area contributed by atoms with Crippen molar-refractivity contribution < 1.29 is 9.90 Å². The van der Waals surface area contributed by atoms with Crippen molar-refractivity contribution >= 4 is 22.4 Å². The lowest BCUT2D eigenvalue weighted by atomic mass is 10.1. The molecule has 17 heavy (non-hydrogen) atoms. The summed E-state index contributed by atoms with van der Waals surface area (Å²) in [7, 11) is 0. The smallest absolute Gasteiger partial charge is 0.338 e. The van der Waals surface area contributed by atoms with Crippen LogP contribution in [0.4, 0.5) is 0 Å². The number of aryl methyl sites for hydroxylation is 1. The lowest BCUT2D eigenvalue weighted by molar-refractivity contribution is 0.0701. The molecule has 84 valence electrons. The van der Waals surface area contributed by atoms with Crippen LogP contribution in [-0.2, 0) is 0 Å². The number of benzene rings is 1. The zero-order chi connectivity index (χ0) is 12.0. The maximum atomic E-state index is 11.4. The summed E-state index contributed by atoms with van der Waals surface area (Å²) in [6.45, 7) is 1.94. The molecule has 0 spiro atoms. The number of hydrogen-bond donors (Lipinski definition) is 1. The van der Waals surface area contributed by atoms with Crippen LogP contribution in [-0.4, -0.2) is 15.5 Å². The number of hydrogen-bond acceptors (Lipinski definition) is 1. The molecule has 3 nitrogen and oxygen atoms in total. The molecule has 3 heteroatoms. The van der Waals surface area contributed by atoms with E-state index in [1.54, 1.807) is 0 Å². The molecule has 1 N–H and O–H groups in total. The minimum atomic E-state index is -0.877. The lowest BCUT2D eigenvalue weighted by Gasteiger charge is -1.97. The van der Waals surface area contributed by atoms with Gasteiger partial charge in [-0.1, -0.05) is 18.2 Å². The Hall–Kier alpha value is -2.29. The van der Waals surface area contributed by atoms with Gasteiger partial charge >= 0.3 is 5.97 Å². The Morgan fingerprint density at radius 1 is 1.12 bits per heavy atom. The number of aromatic nitrogens is 1. The molecule has 0 fully saturated rings. The molecule has 0 bridgehead atoms. The molecule has 0 unspecified atom stereocenters. The second-order valence-electron chi connectivity index (χ2n) is 4.11. The third-order valence-electron chi connectivity index (χ3n) is 3.09. The SMILES string of the molecule is Cc1cccc2c1c(C(=O)O)c1ccccn12. The first kappa shape index (κ1) is 9.90. The van der Waals surface area contributed by atoms with Gasteiger partial charge in [-0.3, -0.25) is 0 Å². The number of fused-ring (bicyclic) bond motifs is 3. The van der Waals surface area contributed by atoms with Gasteiger partial charge in [-0.05, 0) is 30.7 Å². The monoisotopic (exact) mass is 225 g/mol. The number of carbonyl (C=O) groups is 1. The standard InChI is InChI=1S/C14H11NO2/c1-9-5-4-7-10-12(9)13(14(16)17)11-6-2-3-8-15(10)11/h2-8H,1H3,(H,16,17). The Labute approximate surface area is 97.9 Å². The zero-order valence-electron chi connectivity index (χ0n) is 9.34.